The molecule has 1 amide bonds. The number of rotatable bonds is 10. The van der Waals surface area contributed by atoms with Crippen LogP contribution in [0.3, 0.4) is 0 Å². The van der Waals surface area contributed by atoms with E-state index >= 15 is 0 Å². The fraction of sp³-hybridized carbons (Fsp3) is 0.731. The smallest absolute Gasteiger partial charge is 0.413 e. The van der Waals surface area contributed by atoms with Crippen LogP contribution in [0.25, 0.3) is 0 Å². The third-order valence-electron chi connectivity index (χ3n) is 8.26. The van der Waals surface area contributed by atoms with Crippen LogP contribution in [0.1, 0.15) is 72.4 Å². The molecule has 1 N–H and O–H groups in total. The molecular formula is C26H39Cl2F3N2O5SSi. The van der Waals surface area contributed by atoms with E-state index in [1.165, 1.54) is 0 Å². The number of likely N-dealkylation sites (tertiary alicyclic amines) is 1. The Balaban J connectivity index is 1.90. The van der Waals surface area contributed by atoms with E-state index in [0.717, 1.165) is 25.0 Å². The Hall–Kier alpha value is -1.05. The molecule has 2 saturated heterocycles. The van der Waals surface area contributed by atoms with Crippen LogP contribution in [-0.2, 0) is 19.3 Å². The maximum absolute atomic E-state index is 12.8. The lowest BCUT2D eigenvalue weighted by molar-refractivity contribution is -0.124. The van der Waals surface area contributed by atoms with Crippen LogP contribution in [0.2, 0.25) is 26.7 Å². The first-order valence-electron chi connectivity index (χ1n) is 13.6. The van der Waals surface area contributed by atoms with Gasteiger partial charge in [0.2, 0.25) is 14.2 Å². The average molecular weight is 648 g/mol. The van der Waals surface area contributed by atoms with Crippen LogP contribution in [0.15, 0.2) is 12.1 Å². The molecule has 14 heteroatoms. The highest BCUT2D eigenvalue weighted by molar-refractivity contribution is 7.88. The quantitative estimate of drug-likeness (QED) is 0.166. The lowest BCUT2D eigenvalue weighted by atomic mass is 9.88. The van der Waals surface area contributed by atoms with Crippen molar-refractivity contribution in [1.29, 1.82) is 0 Å². The summed E-state index contributed by atoms with van der Waals surface area (Å²) < 4.78 is 72.8. The van der Waals surface area contributed by atoms with Gasteiger partial charge in [-0.15, -0.1) is 0 Å². The Morgan fingerprint density at radius 3 is 1.88 bits per heavy atom. The van der Waals surface area contributed by atoms with Gasteiger partial charge in [-0.3, -0.25) is 9.69 Å². The average Bonchev–Trinajstić information content (AvgIpc) is 3.24. The normalized spacial score (nSPS) is 20.9. The van der Waals surface area contributed by atoms with Crippen LogP contribution < -0.4 is 9.50 Å². The molecule has 0 spiro atoms. The zero-order valence-electron chi connectivity index (χ0n) is 23.6. The maximum atomic E-state index is 12.8. The number of halogens is 5. The summed E-state index contributed by atoms with van der Waals surface area (Å²) in [6.07, 6.45) is 2.08. The number of hydrogen-bond donors (Lipinski definition) is 1. The molecule has 2 fully saturated rings. The summed E-state index contributed by atoms with van der Waals surface area (Å²) in [5, 5.41) is 2.68. The highest BCUT2D eigenvalue weighted by atomic mass is 35.5. The second kappa shape index (κ2) is 12.7. The number of piperidine rings is 1. The van der Waals surface area contributed by atoms with Crippen LogP contribution in [-0.4, -0.2) is 58.8 Å². The van der Waals surface area contributed by atoms with Crippen molar-refractivity contribution in [2.75, 3.05) is 19.6 Å². The first kappa shape index (κ1) is 33.4. The van der Waals surface area contributed by atoms with E-state index in [9.17, 15) is 26.4 Å². The van der Waals surface area contributed by atoms with E-state index < -0.39 is 41.7 Å². The molecular weight excluding hydrogens is 608 g/mol. The summed E-state index contributed by atoms with van der Waals surface area (Å²) >= 11 is 13.0. The molecule has 2 heterocycles. The molecule has 7 nitrogen and oxygen atoms in total. The summed E-state index contributed by atoms with van der Waals surface area (Å²) in [6.45, 7) is 15.1. The van der Waals surface area contributed by atoms with Gasteiger partial charge in [-0.1, -0.05) is 64.7 Å². The number of carbonyl (C=O) groups is 1. The van der Waals surface area contributed by atoms with Gasteiger partial charge in [-0.25, -0.2) is 0 Å². The Morgan fingerprint density at radius 2 is 1.48 bits per heavy atom. The van der Waals surface area contributed by atoms with E-state index in [1.54, 1.807) is 0 Å². The zero-order chi connectivity index (χ0) is 30.2. The first-order valence-corrected chi connectivity index (χ1v) is 17.9. The maximum Gasteiger partial charge on any atom is 0.534 e. The van der Waals surface area contributed by atoms with Crippen molar-refractivity contribution in [2.24, 2.45) is 5.92 Å². The Morgan fingerprint density at radius 1 is 0.975 bits per heavy atom. The summed E-state index contributed by atoms with van der Waals surface area (Å²) in [5.41, 5.74) is -3.92. The van der Waals surface area contributed by atoms with E-state index in [-0.39, 0.29) is 22.1 Å². The summed E-state index contributed by atoms with van der Waals surface area (Å²) in [4.78, 5) is 14.9. The predicted molar refractivity (Wildman–Crippen MR) is 153 cm³/mol. The molecule has 1 unspecified atom stereocenters. The van der Waals surface area contributed by atoms with Crippen molar-refractivity contribution < 1.29 is 35.0 Å². The SMILES string of the molecule is CC(C)[Si](OC1CCN([C@@H](c2c(Cl)cc(OS(=O)(=O)C(F)(F)F)cc2Cl)C2CCNC2=O)CC1)(C(C)C)C(C)C. The molecule has 0 aliphatic carbocycles. The fourth-order valence-electron chi connectivity index (χ4n) is 6.59. The first-order chi connectivity index (χ1) is 18.4. The zero-order valence-corrected chi connectivity index (χ0v) is 27.0. The molecule has 2 atom stereocenters. The van der Waals surface area contributed by atoms with Gasteiger partial charge in [0.1, 0.15) is 5.75 Å². The van der Waals surface area contributed by atoms with E-state index in [0.29, 0.717) is 48.2 Å². The second-order valence-electron chi connectivity index (χ2n) is 11.6. The van der Waals surface area contributed by atoms with Gasteiger partial charge in [-0.2, -0.15) is 21.6 Å². The number of alkyl halides is 3. The molecule has 0 radical (unpaired) electrons. The van der Waals surface area contributed by atoms with Crippen molar-refractivity contribution in [2.45, 2.75) is 95.1 Å². The largest absolute Gasteiger partial charge is 0.534 e. The Labute approximate surface area is 246 Å². The van der Waals surface area contributed by atoms with Crippen LogP contribution in [0, 0.1) is 5.92 Å². The third-order valence-corrected chi connectivity index (χ3v) is 16.0. The fourth-order valence-corrected chi connectivity index (χ4v) is 13.4. The molecule has 2 aliphatic heterocycles. The number of hydrogen-bond acceptors (Lipinski definition) is 6. The van der Waals surface area contributed by atoms with Gasteiger partial charge < -0.3 is 13.9 Å². The lowest BCUT2D eigenvalue weighted by Gasteiger charge is -2.47. The second-order valence-corrected chi connectivity index (χ2v) is 19.3. The molecule has 0 aromatic heterocycles. The number of amides is 1. The van der Waals surface area contributed by atoms with Gasteiger partial charge in [0, 0.05) is 49.5 Å². The van der Waals surface area contributed by atoms with E-state index in [4.69, 9.17) is 27.6 Å². The Kier molecular flexibility index (Phi) is 10.6. The van der Waals surface area contributed by atoms with Gasteiger partial charge >= 0.3 is 15.6 Å². The number of nitrogens with one attached hydrogen (secondary N) is 1. The molecule has 2 aliphatic rings. The predicted octanol–water partition coefficient (Wildman–Crippen LogP) is 7.06. The van der Waals surface area contributed by atoms with Crippen LogP contribution >= 0.6 is 23.2 Å². The van der Waals surface area contributed by atoms with Crippen molar-refractivity contribution in [3.8, 4) is 5.75 Å². The summed E-state index contributed by atoms with van der Waals surface area (Å²) in [6, 6.07) is 1.43. The highest BCUT2D eigenvalue weighted by Gasteiger charge is 2.49. The summed E-state index contributed by atoms with van der Waals surface area (Å²) in [7, 11) is -7.99. The number of carbonyl (C=O) groups excluding carboxylic acids is 1. The van der Waals surface area contributed by atoms with Gasteiger partial charge in [-0.05, 0) is 35.9 Å². The number of benzene rings is 1. The number of nitrogens with zero attached hydrogens (tertiary/aromatic N) is 1. The monoisotopic (exact) mass is 646 g/mol. The van der Waals surface area contributed by atoms with Crippen molar-refractivity contribution in [1.82, 2.24) is 10.2 Å². The molecule has 1 aromatic rings. The van der Waals surface area contributed by atoms with E-state index in [2.05, 4.69) is 55.9 Å². The van der Waals surface area contributed by atoms with Gasteiger partial charge in [0.15, 0.2) is 0 Å². The lowest BCUT2D eigenvalue weighted by Crippen LogP contribution is -2.52. The van der Waals surface area contributed by atoms with Crippen molar-refractivity contribution >= 4 is 47.5 Å². The minimum Gasteiger partial charge on any atom is -0.413 e. The summed E-state index contributed by atoms with van der Waals surface area (Å²) in [5.74, 6) is -1.31. The van der Waals surface area contributed by atoms with Crippen LogP contribution in [0.4, 0.5) is 13.2 Å². The van der Waals surface area contributed by atoms with Crippen molar-refractivity contribution in [3.63, 3.8) is 0 Å². The molecule has 40 heavy (non-hydrogen) atoms. The van der Waals surface area contributed by atoms with Crippen molar-refractivity contribution in [3.05, 3.63) is 27.7 Å². The molecule has 3 rings (SSSR count). The van der Waals surface area contributed by atoms with E-state index in [1.807, 2.05) is 0 Å². The molecule has 0 saturated carbocycles. The van der Waals surface area contributed by atoms with Gasteiger partial charge in [0.05, 0.1) is 16.0 Å². The van der Waals surface area contributed by atoms with Gasteiger partial charge in [0.25, 0.3) is 0 Å². The standard InChI is InChI=1S/C26H39Cl2F3N2O5SSi/c1-15(2)40(16(3)4,17(5)6)38-18-8-11-33(12-9-18)24(20-7-10-32-25(20)34)23-21(27)13-19(14-22(23)28)37-39(35,36)26(29,30)31/h13-18,20,24H,7-12H2,1-6H3,(H,32,34)/t20?,24-/m1/s1. The highest BCUT2D eigenvalue weighted by Crippen LogP contribution is 2.46. The minimum atomic E-state index is -5.90. The molecule has 228 valence electrons. The third kappa shape index (κ3) is 6.77. The molecule has 0 bridgehead atoms. The molecule has 1 aromatic carbocycles. The van der Waals surface area contributed by atoms with Crippen LogP contribution in [0.5, 0.6) is 5.75 Å². The minimum absolute atomic E-state index is 0.0717. The topological polar surface area (TPSA) is 84.9 Å². The Bertz CT molecular complexity index is 1130.